The molecule has 16 heavy (non-hydrogen) atoms. The number of halogens is 1. The molecule has 0 radical (unpaired) electrons. The van der Waals surface area contributed by atoms with Gasteiger partial charge in [0.15, 0.2) is 0 Å². The third-order valence-corrected chi connectivity index (χ3v) is 2.86. The first kappa shape index (κ1) is 13.5. The van der Waals surface area contributed by atoms with E-state index in [2.05, 4.69) is 41.2 Å². The Morgan fingerprint density at radius 2 is 2.12 bits per heavy atom. The molecule has 0 spiro atoms. The van der Waals surface area contributed by atoms with E-state index in [0.717, 1.165) is 29.7 Å². The van der Waals surface area contributed by atoms with Crippen LogP contribution in [0.2, 0.25) is 0 Å². The van der Waals surface area contributed by atoms with Crippen LogP contribution in [-0.4, -0.2) is 20.2 Å². The Bertz CT molecular complexity index is 326. The van der Waals surface area contributed by atoms with Gasteiger partial charge in [-0.15, -0.1) is 0 Å². The monoisotopic (exact) mass is 285 g/mol. The normalized spacial score (nSPS) is 10.8. The number of hydrogen-bond donors (Lipinski definition) is 1. The number of methoxy groups -OCH3 is 1. The fraction of sp³-hybridized carbons (Fsp3) is 0.538. The summed E-state index contributed by atoms with van der Waals surface area (Å²) in [6, 6.07) is 6.13. The lowest BCUT2D eigenvalue weighted by molar-refractivity contribution is 0.408. The molecule has 0 aliphatic carbocycles. The highest BCUT2D eigenvalue weighted by atomic mass is 79.9. The van der Waals surface area contributed by atoms with Crippen molar-refractivity contribution in [3.8, 4) is 5.75 Å². The number of hydrogen-bond acceptors (Lipinski definition) is 2. The summed E-state index contributed by atoms with van der Waals surface area (Å²) in [5, 5.41) is 3.43. The molecule has 0 heterocycles. The van der Waals surface area contributed by atoms with Crippen molar-refractivity contribution in [2.75, 3.05) is 20.2 Å². The molecule has 90 valence electrons. The minimum Gasteiger partial charge on any atom is -0.496 e. The van der Waals surface area contributed by atoms with Crippen LogP contribution in [0, 0.1) is 5.92 Å². The molecule has 1 rings (SSSR count). The van der Waals surface area contributed by atoms with E-state index in [-0.39, 0.29) is 0 Å². The predicted molar refractivity (Wildman–Crippen MR) is 72.1 cm³/mol. The summed E-state index contributed by atoms with van der Waals surface area (Å²) < 4.78 is 6.43. The molecule has 0 amide bonds. The van der Waals surface area contributed by atoms with Crippen LogP contribution < -0.4 is 10.1 Å². The molecule has 0 fully saturated rings. The number of nitrogens with one attached hydrogen (secondary N) is 1. The van der Waals surface area contributed by atoms with E-state index in [1.165, 1.54) is 5.56 Å². The zero-order chi connectivity index (χ0) is 12.0. The fourth-order valence-corrected chi connectivity index (χ4v) is 1.96. The van der Waals surface area contributed by atoms with Crippen molar-refractivity contribution < 1.29 is 4.74 Å². The second kappa shape index (κ2) is 6.92. The van der Waals surface area contributed by atoms with Crippen LogP contribution in [0.5, 0.6) is 5.75 Å². The lowest BCUT2D eigenvalue weighted by Crippen LogP contribution is -2.22. The van der Waals surface area contributed by atoms with Crippen molar-refractivity contribution in [2.45, 2.75) is 20.3 Å². The SMILES string of the molecule is COc1ccc(Br)cc1CCNCC(C)C. The van der Waals surface area contributed by atoms with Gasteiger partial charge >= 0.3 is 0 Å². The smallest absolute Gasteiger partial charge is 0.122 e. The number of benzene rings is 1. The summed E-state index contributed by atoms with van der Waals surface area (Å²) in [4.78, 5) is 0. The van der Waals surface area contributed by atoms with Gasteiger partial charge in [0.25, 0.3) is 0 Å². The molecule has 0 saturated carbocycles. The minimum absolute atomic E-state index is 0.699. The molecular weight excluding hydrogens is 266 g/mol. The Hall–Kier alpha value is -0.540. The highest BCUT2D eigenvalue weighted by Crippen LogP contribution is 2.23. The Morgan fingerprint density at radius 1 is 1.38 bits per heavy atom. The highest BCUT2D eigenvalue weighted by Gasteiger charge is 2.03. The highest BCUT2D eigenvalue weighted by molar-refractivity contribution is 9.10. The van der Waals surface area contributed by atoms with Crippen molar-refractivity contribution in [2.24, 2.45) is 5.92 Å². The van der Waals surface area contributed by atoms with Gasteiger partial charge in [0.1, 0.15) is 5.75 Å². The molecule has 2 nitrogen and oxygen atoms in total. The van der Waals surface area contributed by atoms with E-state index in [1.807, 2.05) is 12.1 Å². The summed E-state index contributed by atoms with van der Waals surface area (Å²) >= 11 is 3.48. The molecule has 0 aliphatic heterocycles. The van der Waals surface area contributed by atoms with Crippen molar-refractivity contribution in [3.05, 3.63) is 28.2 Å². The molecule has 0 atom stereocenters. The summed E-state index contributed by atoms with van der Waals surface area (Å²) in [5.41, 5.74) is 1.24. The largest absolute Gasteiger partial charge is 0.496 e. The van der Waals surface area contributed by atoms with E-state index >= 15 is 0 Å². The average molecular weight is 286 g/mol. The van der Waals surface area contributed by atoms with Crippen LogP contribution in [0.4, 0.5) is 0 Å². The lowest BCUT2D eigenvalue weighted by Gasteiger charge is -2.10. The second-order valence-electron chi connectivity index (χ2n) is 4.30. The average Bonchev–Trinajstić information content (AvgIpc) is 2.24. The molecule has 1 aromatic rings. The zero-order valence-electron chi connectivity index (χ0n) is 10.2. The van der Waals surface area contributed by atoms with E-state index < -0.39 is 0 Å². The van der Waals surface area contributed by atoms with Crippen LogP contribution in [0.3, 0.4) is 0 Å². The van der Waals surface area contributed by atoms with Gasteiger partial charge in [-0.1, -0.05) is 29.8 Å². The lowest BCUT2D eigenvalue weighted by atomic mass is 10.1. The van der Waals surface area contributed by atoms with Gasteiger partial charge in [0, 0.05) is 4.47 Å². The van der Waals surface area contributed by atoms with Crippen molar-refractivity contribution >= 4 is 15.9 Å². The zero-order valence-corrected chi connectivity index (χ0v) is 11.8. The van der Waals surface area contributed by atoms with Gasteiger partial charge in [-0.25, -0.2) is 0 Å². The fourth-order valence-electron chi connectivity index (χ4n) is 1.56. The quantitative estimate of drug-likeness (QED) is 0.811. The van der Waals surface area contributed by atoms with Gasteiger partial charge in [-0.2, -0.15) is 0 Å². The van der Waals surface area contributed by atoms with Crippen molar-refractivity contribution in [1.82, 2.24) is 5.32 Å². The third-order valence-electron chi connectivity index (χ3n) is 2.37. The van der Waals surface area contributed by atoms with Crippen LogP contribution in [0.15, 0.2) is 22.7 Å². The maximum absolute atomic E-state index is 5.33. The second-order valence-corrected chi connectivity index (χ2v) is 5.22. The Labute approximate surface area is 107 Å². The van der Waals surface area contributed by atoms with E-state index in [9.17, 15) is 0 Å². The molecule has 0 aliphatic rings. The summed E-state index contributed by atoms with van der Waals surface area (Å²) in [6.45, 7) is 6.49. The Morgan fingerprint density at radius 3 is 2.75 bits per heavy atom. The van der Waals surface area contributed by atoms with Gasteiger partial charge in [-0.3, -0.25) is 0 Å². The molecule has 0 aromatic heterocycles. The maximum atomic E-state index is 5.33. The Balaban J connectivity index is 2.48. The third kappa shape index (κ3) is 4.54. The first-order valence-electron chi connectivity index (χ1n) is 5.66. The van der Waals surface area contributed by atoms with Gasteiger partial charge in [0.05, 0.1) is 7.11 Å². The van der Waals surface area contributed by atoms with Crippen molar-refractivity contribution in [1.29, 1.82) is 0 Å². The first-order chi connectivity index (χ1) is 7.63. The molecule has 1 aromatic carbocycles. The minimum atomic E-state index is 0.699. The van der Waals surface area contributed by atoms with Crippen LogP contribution in [-0.2, 0) is 6.42 Å². The summed E-state index contributed by atoms with van der Waals surface area (Å²) in [6.07, 6.45) is 0.995. The van der Waals surface area contributed by atoms with Gasteiger partial charge in [0.2, 0.25) is 0 Å². The van der Waals surface area contributed by atoms with E-state index in [0.29, 0.717) is 5.92 Å². The molecule has 0 bridgehead atoms. The molecular formula is C13H20BrNO. The molecule has 1 N–H and O–H groups in total. The van der Waals surface area contributed by atoms with E-state index in [1.54, 1.807) is 7.11 Å². The standard InChI is InChI=1S/C13H20BrNO/c1-10(2)9-15-7-6-11-8-12(14)4-5-13(11)16-3/h4-5,8,10,15H,6-7,9H2,1-3H3. The van der Waals surface area contributed by atoms with E-state index in [4.69, 9.17) is 4.74 Å². The number of ether oxygens (including phenoxy) is 1. The van der Waals surface area contributed by atoms with Gasteiger partial charge < -0.3 is 10.1 Å². The maximum Gasteiger partial charge on any atom is 0.122 e. The summed E-state index contributed by atoms with van der Waals surface area (Å²) in [7, 11) is 1.72. The Kier molecular flexibility index (Phi) is 5.85. The number of rotatable bonds is 6. The molecule has 0 unspecified atom stereocenters. The van der Waals surface area contributed by atoms with Gasteiger partial charge in [-0.05, 0) is 49.2 Å². The molecule has 3 heteroatoms. The van der Waals surface area contributed by atoms with Crippen molar-refractivity contribution in [3.63, 3.8) is 0 Å². The van der Waals surface area contributed by atoms with Crippen LogP contribution in [0.25, 0.3) is 0 Å². The first-order valence-corrected chi connectivity index (χ1v) is 6.46. The topological polar surface area (TPSA) is 21.3 Å². The van der Waals surface area contributed by atoms with Crippen LogP contribution >= 0.6 is 15.9 Å². The van der Waals surface area contributed by atoms with Crippen LogP contribution in [0.1, 0.15) is 19.4 Å². The predicted octanol–water partition coefficient (Wildman–Crippen LogP) is 3.25. The summed E-state index contributed by atoms with van der Waals surface area (Å²) in [5.74, 6) is 1.67. The molecule has 0 saturated heterocycles.